The Morgan fingerprint density at radius 2 is 2.06 bits per heavy atom. The van der Waals surface area contributed by atoms with Gasteiger partial charge in [0.1, 0.15) is 10.8 Å². The zero-order chi connectivity index (χ0) is 12.3. The number of halogens is 1. The first-order valence-electron chi connectivity index (χ1n) is 4.77. The fourth-order valence-corrected chi connectivity index (χ4v) is 2.04. The number of hydrogen-bond donors (Lipinski definition) is 1. The summed E-state index contributed by atoms with van der Waals surface area (Å²) < 4.78 is 12.7. The van der Waals surface area contributed by atoms with E-state index in [-0.39, 0.29) is 5.82 Å². The first kappa shape index (κ1) is 11.5. The van der Waals surface area contributed by atoms with Crippen molar-refractivity contribution < 1.29 is 14.3 Å². The van der Waals surface area contributed by atoms with Crippen molar-refractivity contribution in [2.75, 3.05) is 0 Å². The van der Waals surface area contributed by atoms with Crippen LogP contribution in [0, 0.1) is 5.82 Å². The molecule has 5 heteroatoms. The molecule has 0 spiro atoms. The minimum Gasteiger partial charge on any atom is -0.478 e. The smallest absolute Gasteiger partial charge is 0.328 e. The molecule has 0 unspecified atom stereocenters. The van der Waals surface area contributed by atoms with E-state index >= 15 is 0 Å². The largest absolute Gasteiger partial charge is 0.478 e. The molecule has 0 aliphatic heterocycles. The van der Waals surface area contributed by atoms with Crippen LogP contribution in [0.2, 0.25) is 0 Å². The number of carbonyl (C=O) groups is 1. The fraction of sp³-hybridized carbons (Fsp3) is 0. The third-order valence-corrected chi connectivity index (χ3v) is 2.92. The quantitative estimate of drug-likeness (QED) is 0.850. The molecule has 2 rings (SSSR count). The Kier molecular flexibility index (Phi) is 3.30. The molecule has 0 radical (unpaired) electrons. The molecule has 0 saturated heterocycles. The minimum absolute atomic E-state index is 0.295. The predicted octanol–water partition coefficient (Wildman–Crippen LogP) is 3.05. The molecule has 3 nitrogen and oxygen atoms in total. The molecule has 0 bridgehead atoms. The van der Waals surface area contributed by atoms with E-state index in [0.29, 0.717) is 5.69 Å². The lowest BCUT2D eigenvalue weighted by atomic mass is 10.2. The van der Waals surface area contributed by atoms with E-state index in [2.05, 4.69) is 4.98 Å². The maximum atomic E-state index is 12.7. The molecule has 0 atom stereocenters. The van der Waals surface area contributed by atoms with Crippen molar-refractivity contribution in [3.05, 3.63) is 47.2 Å². The minimum atomic E-state index is -1.01. The van der Waals surface area contributed by atoms with Gasteiger partial charge in [-0.05, 0) is 30.3 Å². The lowest BCUT2D eigenvalue weighted by Gasteiger charge is -1.94. The number of thiazole rings is 1. The van der Waals surface area contributed by atoms with Gasteiger partial charge in [0, 0.05) is 17.0 Å². The molecule has 1 aromatic carbocycles. The SMILES string of the molecule is O=C(O)C=Cc1csc(-c2ccc(F)cc2)n1. The van der Waals surface area contributed by atoms with Gasteiger partial charge in [-0.2, -0.15) is 0 Å². The van der Waals surface area contributed by atoms with Gasteiger partial charge in [0.2, 0.25) is 0 Å². The molecule has 0 aliphatic carbocycles. The third-order valence-electron chi connectivity index (χ3n) is 2.01. The molecule has 0 fully saturated rings. The van der Waals surface area contributed by atoms with Crippen LogP contribution in [0.3, 0.4) is 0 Å². The number of benzene rings is 1. The first-order valence-corrected chi connectivity index (χ1v) is 5.65. The van der Waals surface area contributed by atoms with E-state index in [1.165, 1.54) is 29.5 Å². The Balaban J connectivity index is 2.23. The van der Waals surface area contributed by atoms with Crippen LogP contribution >= 0.6 is 11.3 Å². The Hall–Kier alpha value is -2.01. The van der Waals surface area contributed by atoms with Crippen molar-refractivity contribution in [2.45, 2.75) is 0 Å². The van der Waals surface area contributed by atoms with Crippen molar-refractivity contribution in [1.82, 2.24) is 4.98 Å². The standard InChI is InChI=1S/C12H8FNO2S/c13-9-3-1-8(2-4-9)12-14-10(7-17-12)5-6-11(15)16/h1-7H,(H,15,16). The summed E-state index contributed by atoms with van der Waals surface area (Å²) in [6, 6.07) is 6.00. The average molecular weight is 249 g/mol. The second kappa shape index (κ2) is 4.88. The van der Waals surface area contributed by atoms with Crippen LogP contribution in [0.15, 0.2) is 35.7 Å². The number of aliphatic carboxylic acids is 1. The van der Waals surface area contributed by atoms with Gasteiger partial charge in [0.05, 0.1) is 5.69 Å². The summed E-state index contributed by atoms with van der Waals surface area (Å²) in [6.07, 6.45) is 2.45. The second-order valence-corrected chi connectivity index (χ2v) is 4.11. The summed E-state index contributed by atoms with van der Waals surface area (Å²) >= 11 is 1.38. The second-order valence-electron chi connectivity index (χ2n) is 3.26. The summed E-state index contributed by atoms with van der Waals surface area (Å²) in [5.41, 5.74) is 1.39. The van der Waals surface area contributed by atoms with Crippen molar-refractivity contribution >= 4 is 23.4 Å². The molecule has 1 heterocycles. The average Bonchev–Trinajstić information content (AvgIpc) is 2.76. The van der Waals surface area contributed by atoms with E-state index < -0.39 is 5.97 Å². The summed E-state index contributed by atoms with van der Waals surface area (Å²) in [4.78, 5) is 14.6. The van der Waals surface area contributed by atoms with Crippen LogP contribution < -0.4 is 0 Å². The number of rotatable bonds is 3. The number of carboxylic acids is 1. The molecular weight excluding hydrogens is 241 g/mol. The zero-order valence-electron chi connectivity index (χ0n) is 8.63. The lowest BCUT2D eigenvalue weighted by Crippen LogP contribution is -1.85. The topological polar surface area (TPSA) is 50.2 Å². The highest BCUT2D eigenvalue weighted by Crippen LogP contribution is 2.24. The van der Waals surface area contributed by atoms with E-state index in [1.807, 2.05) is 0 Å². The van der Waals surface area contributed by atoms with E-state index in [4.69, 9.17) is 5.11 Å². The van der Waals surface area contributed by atoms with Crippen LogP contribution in [-0.4, -0.2) is 16.1 Å². The normalized spacial score (nSPS) is 10.9. The fourth-order valence-electron chi connectivity index (χ4n) is 1.24. The Morgan fingerprint density at radius 3 is 2.71 bits per heavy atom. The lowest BCUT2D eigenvalue weighted by molar-refractivity contribution is -0.131. The number of hydrogen-bond acceptors (Lipinski definition) is 3. The maximum absolute atomic E-state index is 12.7. The molecule has 0 aliphatic rings. The van der Waals surface area contributed by atoms with E-state index in [0.717, 1.165) is 16.6 Å². The molecule has 86 valence electrons. The predicted molar refractivity (Wildman–Crippen MR) is 64.2 cm³/mol. The van der Waals surface area contributed by atoms with Gasteiger partial charge >= 0.3 is 5.97 Å². The van der Waals surface area contributed by atoms with E-state index in [1.54, 1.807) is 17.5 Å². The molecule has 1 aromatic heterocycles. The van der Waals surface area contributed by atoms with Gasteiger partial charge in [-0.15, -0.1) is 11.3 Å². The van der Waals surface area contributed by atoms with Gasteiger partial charge in [-0.3, -0.25) is 0 Å². The summed E-state index contributed by atoms with van der Waals surface area (Å²) in [5.74, 6) is -1.31. The summed E-state index contributed by atoms with van der Waals surface area (Å²) in [6.45, 7) is 0. The van der Waals surface area contributed by atoms with Gasteiger partial charge in [-0.1, -0.05) is 0 Å². The number of aromatic nitrogens is 1. The Labute approximate surface area is 101 Å². The first-order chi connectivity index (χ1) is 8.15. The van der Waals surface area contributed by atoms with Crippen LogP contribution in [0.4, 0.5) is 4.39 Å². The number of nitrogens with zero attached hydrogens (tertiary/aromatic N) is 1. The Bertz CT molecular complexity index is 560. The van der Waals surface area contributed by atoms with Gasteiger partial charge in [0.25, 0.3) is 0 Å². The molecule has 2 aromatic rings. The Morgan fingerprint density at radius 1 is 1.35 bits per heavy atom. The van der Waals surface area contributed by atoms with Crippen LogP contribution in [0.5, 0.6) is 0 Å². The van der Waals surface area contributed by atoms with Gasteiger partial charge in [0.15, 0.2) is 0 Å². The summed E-state index contributed by atoms with van der Waals surface area (Å²) in [5, 5.41) is 11.0. The van der Waals surface area contributed by atoms with Crippen molar-refractivity contribution in [3.8, 4) is 10.6 Å². The molecule has 0 amide bonds. The monoisotopic (exact) mass is 249 g/mol. The van der Waals surface area contributed by atoms with Crippen LogP contribution in [-0.2, 0) is 4.79 Å². The molecule has 1 N–H and O–H groups in total. The zero-order valence-corrected chi connectivity index (χ0v) is 9.45. The maximum Gasteiger partial charge on any atom is 0.328 e. The molecular formula is C12H8FNO2S. The van der Waals surface area contributed by atoms with Crippen molar-refractivity contribution in [2.24, 2.45) is 0 Å². The van der Waals surface area contributed by atoms with Gasteiger partial charge in [-0.25, -0.2) is 14.2 Å². The molecule has 0 saturated carbocycles. The van der Waals surface area contributed by atoms with E-state index in [9.17, 15) is 9.18 Å². The van der Waals surface area contributed by atoms with Crippen molar-refractivity contribution in [1.29, 1.82) is 0 Å². The van der Waals surface area contributed by atoms with Crippen LogP contribution in [0.1, 0.15) is 5.69 Å². The van der Waals surface area contributed by atoms with Crippen LogP contribution in [0.25, 0.3) is 16.6 Å². The third kappa shape index (κ3) is 2.98. The molecule has 17 heavy (non-hydrogen) atoms. The summed E-state index contributed by atoms with van der Waals surface area (Å²) in [7, 11) is 0. The highest BCUT2D eigenvalue weighted by Gasteiger charge is 2.03. The number of carboxylic acid groups (broad SMARTS) is 1. The highest BCUT2D eigenvalue weighted by molar-refractivity contribution is 7.13. The van der Waals surface area contributed by atoms with Crippen molar-refractivity contribution in [3.63, 3.8) is 0 Å². The highest BCUT2D eigenvalue weighted by atomic mass is 32.1. The van der Waals surface area contributed by atoms with Gasteiger partial charge < -0.3 is 5.11 Å².